The van der Waals surface area contributed by atoms with Crippen molar-refractivity contribution in [1.82, 2.24) is 0 Å². The molecule has 0 fully saturated rings. The van der Waals surface area contributed by atoms with Crippen molar-refractivity contribution in [3.05, 3.63) is 60.2 Å². The average molecular weight is 300 g/mol. The van der Waals surface area contributed by atoms with Gasteiger partial charge in [-0.25, -0.2) is 0 Å². The third kappa shape index (κ3) is 1.48. The van der Waals surface area contributed by atoms with E-state index in [1.807, 2.05) is 18.2 Å². The molecular weight excluding hydrogens is 289 g/mol. The number of hydrogen-bond acceptors (Lipinski definition) is 2. The molecule has 2 aliphatic rings. The molecule has 2 aliphatic heterocycles. The molecule has 1 spiro atoms. The van der Waals surface area contributed by atoms with E-state index in [2.05, 4.69) is 47.8 Å². The van der Waals surface area contributed by atoms with Gasteiger partial charge in [-0.2, -0.15) is 0 Å². The maximum atomic E-state index is 6.19. The van der Waals surface area contributed by atoms with Crippen molar-refractivity contribution in [3.8, 4) is 5.75 Å². The Kier molecular flexibility index (Phi) is 2.07. The van der Waals surface area contributed by atoms with Gasteiger partial charge in [0.05, 0.1) is 0 Å². The van der Waals surface area contributed by atoms with E-state index < -0.39 is 0 Å². The van der Waals surface area contributed by atoms with Crippen LogP contribution in [0.15, 0.2) is 54.6 Å². The maximum absolute atomic E-state index is 6.19. The van der Waals surface area contributed by atoms with E-state index in [0.29, 0.717) is 0 Å². The van der Waals surface area contributed by atoms with Crippen LogP contribution in [0.1, 0.15) is 5.56 Å². The van der Waals surface area contributed by atoms with Gasteiger partial charge in [-0.05, 0) is 0 Å². The standard InChI is InChI=1S/C15H11NOSe/c1-3-7-13-11(5-1)9-10-15(17-13)16-12-6-2-4-8-14(12)18-15/h1-10,16H. The first-order valence-corrected chi connectivity index (χ1v) is 7.59. The zero-order valence-corrected chi connectivity index (χ0v) is 11.3. The molecule has 2 aromatic rings. The number of hydrogen-bond donors (Lipinski definition) is 1. The van der Waals surface area contributed by atoms with Crippen LogP contribution in [0.5, 0.6) is 5.75 Å². The summed E-state index contributed by atoms with van der Waals surface area (Å²) in [5.74, 6) is 0.960. The van der Waals surface area contributed by atoms with Gasteiger partial charge >= 0.3 is 112 Å². The molecule has 2 nitrogen and oxygen atoms in total. The minimum absolute atomic E-state index is 0.244. The summed E-state index contributed by atoms with van der Waals surface area (Å²) in [6, 6.07) is 16.6. The topological polar surface area (TPSA) is 21.3 Å². The Hall–Kier alpha value is -1.70. The summed E-state index contributed by atoms with van der Waals surface area (Å²) < 4.78 is 7.22. The predicted molar refractivity (Wildman–Crippen MR) is 74.3 cm³/mol. The van der Waals surface area contributed by atoms with Crippen LogP contribution in [-0.2, 0) is 0 Å². The van der Waals surface area contributed by atoms with Crippen LogP contribution in [-0.4, -0.2) is 19.6 Å². The fraction of sp³-hybridized carbons (Fsp3) is 0.0667. The molecule has 18 heavy (non-hydrogen) atoms. The van der Waals surface area contributed by atoms with Gasteiger partial charge in [-0.3, -0.25) is 0 Å². The van der Waals surface area contributed by atoms with Crippen molar-refractivity contribution in [3.63, 3.8) is 0 Å². The summed E-state index contributed by atoms with van der Waals surface area (Å²) in [7, 11) is 0. The zero-order chi connectivity index (χ0) is 12.0. The SMILES string of the molecule is C1=CC2(Nc3ccccc3[Se]2)Oc2ccccc21. The normalized spacial score (nSPS) is 23.1. The van der Waals surface area contributed by atoms with Gasteiger partial charge in [0.15, 0.2) is 0 Å². The Morgan fingerprint density at radius 2 is 1.83 bits per heavy atom. The number of benzene rings is 2. The van der Waals surface area contributed by atoms with Crippen LogP contribution in [0.4, 0.5) is 5.69 Å². The second kappa shape index (κ2) is 3.64. The van der Waals surface area contributed by atoms with Gasteiger partial charge in [0.2, 0.25) is 0 Å². The van der Waals surface area contributed by atoms with Crippen LogP contribution < -0.4 is 14.5 Å². The van der Waals surface area contributed by atoms with Crippen molar-refractivity contribution in [2.24, 2.45) is 0 Å². The molecular formula is C15H11NOSe. The van der Waals surface area contributed by atoms with E-state index in [-0.39, 0.29) is 19.6 Å². The van der Waals surface area contributed by atoms with Crippen LogP contribution >= 0.6 is 0 Å². The van der Waals surface area contributed by atoms with Gasteiger partial charge in [-0.15, -0.1) is 0 Å². The van der Waals surface area contributed by atoms with Gasteiger partial charge in [0.25, 0.3) is 0 Å². The van der Waals surface area contributed by atoms with Gasteiger partial charge in [0, 0.05) is 0 Å². The molecule has 3 heteroatoms. The minimum atomic E-state index is -0.342. The molecule has 1 unspecified atom stereocenters. The molecule has 88 valence electrons. The van der Waals surface area contributed by atoms with Gasteiger partial charge in [-0.1, -0.05) is 0 Å². The summed E-state index contributed by atoms with van der Waals surface area (Å²) in [6.45, 7) is 0. The Balaban J connectivity index is 1.74. The fourth-order valence-electron chi connectivity index (χ4n) is 2.27. The number of ether oxygens (including phenoxy) is 1. The molecule has 0 saturated heterocycles. The number of rotatable bonds is 0. The van der Waals surface area contributed by atoms with Gasteiger partial charge in [0.1, 0.15) is 0 Å². The molecule has 2 aromatic carbocycles. The number of nitrogens with one attached hydrogen (secondary N) is 1. The van der Waals surface area contributed by atoms with E-state index in [1.54, 1.807) is 0 Å². The zero-order valence-electron chi connectivity index (χ0n) is 9.59. The molecule has 1 N–H and O–H groups in total. The molecule has 0 bridgehead atoms. The Labute approximate surface area is 112 Å². The monoisotopic (exact) mass is 301 g/mol. The van der Waals surface area contributed by atoms with E-state index in [0.717, 1.165) is 11.3 Å². The number of anilines is 1. The number of para-hydroxylation sites is 2. The van der Waals surface area contributed by atoms with E-state index >= 15 is 0 Å². The molecule has 0 aliphatic carbocycles. The summed E-state index contributed by atoms with van der Waals surface area (Å²) in [5.41, 5.74) is 2.35. The van der Waals surface area contributed by atoms with Crippen molar-refractivity contribution >= 4 is 31.2 Å². The quantitative estimate of drug-likeness (QED) is 0.753. The molecule has 4 rings (SSSR count). The second-order valence-corrected chi connectivity index (χ2v) is 6.99. The van der Waals surface area contributed by atoms with Crippen LogP contribution in [0, 0.1) is 0 Å². The third-order valence-electron chi connectivity index (χ3n) is 3.12. The van der Waals surface area contributed by atoms with E-state index in [9.17, 15) is 0 Å². The van der Waals surface area contributed by atoms with E-state index in [1.165, 1.54) is 10.1 Å². The first-order chi connectivity index (χ1) is 8.85. The Bertz CT molecular complexity index is 625. The van der Waals surface area contributed by atoms with E-state index in [4.69, 9.17) is 4.74 Å². The molecule has 0 radical (unpaired) electrons. The molecule has 0 saturated carbocycles. The second-order valence-electron chi connectivity index (χ2n) is 4.36. The first kappa shape index (κ1) is 10.2. The first-order valence-electron chi connectivity index (χ1n) is 5.88. The summed E-state index contributed by atoms with van der Waals surface area (Å²) in [4.78, 5) is 0. The van der Waals surface area contributed by atoms with Crippen molar-refractivity contribution in [2.75, 3.05) is 5.32 Å². The van der Waals surface area contributed by atoms with Crippen molar-refractivity contribution in [2.45, 2.75) is 4.62 Å². The third-order valence-corrected chi connectivity index (χ3v) is 5.64. The summed E-state index contributed by atoms with van der Waals surface area (Å²) >= 11 is 0.244. The van der Waals surface area contributed by atoms with Gasteiger partial charge < -0.3 is 0 Å². The molecule has 2 heterocycles. The van der Waals surface area contributed by atoms with Crippen molar-refractivity contribution < 1.29 is 4.74 Å². The molecule has 0 aromatic heterocycles. The van der Waals surface area contributed by atoms with Crippen LogP contribution in [0.25, 0.3) is 6.08 Å². The summed E-state index contributed by atoms with van der Waals surface area (Å²) in [5, 5.41) is 3.51. The predicted octanol–water partition coefficient (Wildman–Crippen LogP) is 2.20. The Morgan fingerprint density at radius 3 is 2.78 bits per heavy atom. The average Bonchev–Trinajstić information content (AvgIpc) is 2.76. The Morgan fingerprint density at radius 1 is 1.00 bits per heavy atom. The summed E-state index contributed by atoms with van der Waals surface area (Å²) in [6.07, 6.45) is 4.30. The van der Waals surface area contributed by atoms with Crippen LogP contribution in [0.3, 0.4) is 0 Å². The van der Waals surface area contributed by atoms with Crippen LogP contribution in [0.2, 0.25) is 0 Å². The fourth-order valence-corrected chi connectivity index (χ4v) is 4.64. The number of fused-ring (bicyclic) bond motifs is 2. The van der Waals surface area contributed by atoms with Crippen molar-refractivity contribution in [1.29, 1.82) is 0 Å². The molecule has 1 atom stereocenters. The molecule has 0 amide bonds.